The Balaban J connectivity index is 1.68. The van der Waals surface area contributed by atoms with E-state index in [0.717, 1.165) is 33.1 Å². The molecule has 0 radical (unpaired) electrons. The molecule has 140 valence electrons. The predicted octanol–water partition coefficient (Wildman–Crippen LogP) is 4.27. The zero-order chi connectivity index (χ0) is 20.4. The summed E-state index contributed by atoms with van der Waals surface area (Å²) in [5.74, 6) is -0.384. The fourth-order valence-electron chi connectivity index (χ4n) is 3.31. The summed E-state index contributed by atoms with van der Waals surface area (Å²) in [6.45, 7) is 0.253. The van der Waals surface area contributed by atoms with E-state index in [4.69, 9.17) is 5.26 Å². The summed E-state index contributed by atoms with van der Waals surface area (Å²) in [5.41, 5.74) is 2.74. The lowest BCUT2D eigenvalue weighted by molar-refractivity contribution is -0.123. The molecule has 1 fully saturated rings. The van der Waals surface area contributed by atoms with Crippen molar-refractivity contribution in [3.8, 4) is 12.1 Å². The molecule has 1 aliphatic heterocycles. The molecule has 1 aromatic heterocycles. The maximum Gasteiger partial charge on any atom is 0.293 e. The number of para-hydroxylation sites is 1. The number of imide groups is 1. The molecule has 7 heteroatoms. The molecule has 6 nitrogen and oxygen atoms in total. The van der Waals surface area contributed by atoms with E-state index in [9.17, 15) is 14.9 Å². The van der Waals surface area contributed by atoms with Crippen molar-refractivity contribution in [2.45, 2.75) is 13.1 Å². The molecule has 0 aliphatic carbocycles. The maximum absolute atomic E-state index is 12.9. The average Bonchev–Trinajstić information content (AvgIpc) is 3.21. The Labute approximate surface area is 171 Å². The number of thioether (sulfide) groups is 1. The van der Waals surface area contributed by atoms with E-state index in [2.05, 4.69) is 12.1 Å². The molecule has 0 atom stereocenters. The average molecular weight is 398 g/mol. The lowest BCUT2D eigenvalue weighted by Crippen LogP contribution is -2.27. The number of carbonyl (C=O) groups excluding carboxylic acids is 2. The second-order valence-electron chi connectivity index (χ2n) is 6.42. The van der Waals surface area contributed by atoms with Gasteiger partial charge >= 0.3 is 0 Å². The Morgan fingerprint density at radius 1 is 1.03 bits per heavy atom. The van der Waals surface area contributed by atoms with Gasteiger partial charge in [-0.1, -0.05) is 36.4 Å². The first-order chi connectivity index (χ1) is 14.1. The van der Waals surface area contributed by atoms with Gasteiger partial charge in [-0.25, -0.2) is 0 Å². The van der Waals surface area contributed by atoms with E-state index >= 15 is 0 Å². The Bertz CT molecular complexity index is 1260. The number of amides is 2. The normalized spacial score (nSPS) is 15.1. The van der Waals surface area contributed by atoms with E-state index in [-0.39, 0.29) is 24.2 Å². The zero-order valence-electron chi connectivity index (χ0n) is 15.2. The summed E-state index contributed by atoms with van der Waals surface area (Å²) in [6.07, 6.45) is 3.50. The van der Waals surface area contributed by atoms with Gasteiger partial charge in [-0.15, -0.1) is 0 Å². The number of benzene rings is 2. The Morgan fingerprint density at radius 3 is 2.59 bits per heavy atom. The monoisotopic (exact) mass is 398 g/mol. The third-order valence-electron chi connectivity index (χ3n) is 4.69. The summed E-state index contributed by atoms with van der Waals surface area (Å²) >= 11 is 0.882. The third-order valence-corrected chi connectivity index (χ3v) is 5.59. The van der Waals surface area contributed by atoms with Crippen molar-refractivity contribution in [1.82, 2.24) is 9.47 Å². The second kappa shape index (κ2) is 7.67. The van der Waals surface area contributed by atoms with Crippen LogP contribution in [0.3, 0.4) is 0 Å². The van der Waals surface area contributed by atoms with Crippen molar-refractivity contribution in [3.63, 3.8) is 0 Å². The standard InChI is InChI=1S/C22H14N4O2S/c23-9-10-25-13-17(18-7-3-4-8-19(18)25)11-20-21(27)26(22(28)29-20)14-16-6-2-1-5-15(16)12-24/h1-8,11,13H,10,14H2. The summed E-state index contributed by atoms with van der Waals surface area (Å²) in [4.78, 5) is 26.8. The SMILES string of the molecule is N#CCn1cc(C=C2SC(=O)N(Cc3ccccc3C#N)C2=O)c2ccccc21. The fourth-order valence-corrected chi connectivity index (χ4v) is 4.14. The van der Waals surface area contributed by atoms with E-state index in [1.54, 1.807) is 30.3 Å². The molecule has 2 aromatic carbocycles. The number of nitriles is 2. The topological polar surface area (TPSA) is 89.9 Å². The number of hydrogen-bond donors (Lipinski definition) is 0. The fraction of sp³-hybridized carbons (Fsp3) is 0.0909. The second-order valence-corrected chi connectivity index (χ2v) is 7.42. The molecule has 1 aliphatic rings. The molecule has 2 heterocycles. The summed E-state index contributed by atoms with van der Waals surface area (Å²) < 4.78 is 1.81. The van der Waals surface area contributed by atoms with Crippen LogP contribution in [0.5, 0.6) is 0 Å². The molecule has 0 unspecified atom stereocenters. The molecule has 4 rings (SSSR count). The van der Waals surface area contributed by atoms with E-state index < -0.39 is 0 Å². The first-order valence-electron chi connectivity index (χ1n) is 8.80. The van der Waals surface area contributed by atoms with E-state index in [0.29, 0.717) is 16.0 Å². The summed E-state index contributed by atoms with van der Waals surface area (Å²) in [7, 11) is 0. The molecular formula is C22H14N4O2S. The van der Waals surface area contributed by atoms with Crippen molar-refractivity contribution in [3.05, 3.63) is 76.3 Å². The number of rotatable bonds is 4. The first-order valence-corrected chi connectivity index (χ1v) is 9.62. The van der Waals surface area contributed by atoms with Gasteiger partial charge in [0.15, 0.2) is 0 Å². The van der Waals surface area contributed by atoms with Crippen molar-refractivity contribution in [2.24, 2.45) is 0 Å². The Kier molecular flexibility index (Phi) is 4.90. The molecular weight excluding hydrogens is 384 g/mol. The number of nitrogens with zero attached hydrogens (tertiary/aromatic N) is 4. The van der Waals surface area contributed by atoms with Crippen molar-refractivity contribution < 1.29 is 9.59 Å². The van der Waals surface area contributed by atoms with Crippen LogP contribution < -0.4 is 0 Å². The summed E-state index contributed by atoms with van der Waals surface area (Å²) in [6, 6.07) is 18.7. The highest BCUT2D eigenvalue weighted by Gasteiger charge is 2.35. The minimum Gasteiger partial charge on any atom is -0.333 e. The van der Waals surface area contributed by atoms with Crippen LogP contribution in [0.4, 0.5) is 4.79 Å². The molecule has 2 amide bonds. The van der Waals surface area contributed by atoms with E-state index in [1.165, 1.54) is 0 Å². The maximum atomic E-state index is 12.9. The number of hydrogen-bond acceptors (Lipinski definition) is 5. The van der Waals surface area contributed by atoms with E-state index in [1.807, 2.05) is 35.0 Å². The van der Waals surface area contributed by atoms with Gasteiger partial charge in [-0.05, 0) is 35.5 Å². The smallest absolute Gasteiger partial charge is 0.293 e. The van der Waals surface area contributed by atoms with Gasteiger partial charge in [-0.2, -0.15) is 10.5 Å². The van der Waals surface area contributed by atoms with Crippen LogP contribution in [0.2, 0.25) is 0 Å². The Hall–Kier alpha value is -3.81. The minimum absolute atomic E-state index is 0.0575. The van der Waals surface area contributed by atoms with Crippen molar-refractivity contribution >= 4 is 39.9 Å². The van der Waals surface area contributed by atoms with Crippen LogP contribution in [0, 0.1) is 22.7 Å². The van der Waals surface area contributed by atoms with Gasteiger partial charge < -0.3 is 4.57 Å². The van der Waals surface area contributed by atoms with Crippen LogP contribution >= 0.6 is 11.8 Å². The first kappa shape index (κ1) is 18.5. The van der Waals surface area contributed by atoms with Crippen LogP contribution in [0.1, 0.15) is 16.7 Å². The molecule has 1 saturated heterocycles. The molecule has 0 saturated carbocycles. The predicted molar refractivity (Wildman–Crippen MR) is 110 cm³/mol. The molecule has 29 heavy (non-hydrogen) atoms. The van der Waals surface area contributed by atoms with Crippen LogP contribution in [-0.2, 0) is 17.9 Å². The highest BCUT2D eigenvalue weighted by Crippen LogP contribution is 2.35. The van der Waals surface area contributed by atoms with Gasteiger partial charge in [0.25, 0.3) is 11.1 Å². The van der Waals surface area contributed by atoms with Gasteiger partial charge in [0, 0.05) is 22.7 Å². The van der Waals surface area contributed by atoms with Crippen LogP contribution in [0.15, 0.2) is 59.6 Å². The van der Waals surface area contributed by atoms with Crippen molar-refractivity contribution in [2.75, 3.05) is 0 Å². The highest BCUT2D eigenvalue weighted by atomic mass is 32.2. The lowest BCUT2D eigenvalue weighted by atomic mass is 10.1. The van der Waals surface area contributed by atoms with Crippen LogP contribution in [0.25, 0.3) is 17.0 Å². The number of aromatic nitrogens is 1. The highest BCUT2D eigenvalue weighted by molar-refractivity contribution is 8.18. The summed E-state index contributed by atoms with van der Waals surface area (Å²) in [5, 5.41) is 18.8. The Morgan fingerprint density at radius 2 is 1.79 bits per heavy atom. The molecule has 0 bridgehead atoms. The number of carbonyl (C=O) groups is 2. The molecule has 0 N–H and O–H groups in total. The van der Waals surface area contributed by atoms with Gasteiger partial charge in [-0.3, -0.25) is 14.5 Å². The molecule has 0 spiro atoms. The third kappa shape index (κ3) is 3.40. The lowest BCUT2D eigenvalue weighted by Gasteiger charge is -2.13. The molecule has 3 aromatic rings. The largest absolute Gasteiger partial charge is 0.333 e. The minimum atomic E-state index is -0.384. The quantitative estimate of drug-likeness (QED) is 0.612. The van der Waals surface area contributed by atoms with Crippen molar-refractivity contribution in [1.29, 1.82) is 10.5 Å². The zero-order valence-corrected chi connectivity index (χ0v) is 16.0. The van der Waals surface area contributed by atoms with Gasteiger partial charge in [0.2, 0.25) is 0 Å². The van der Waals surface area contributed by atoms with Gasteiger partial charge in [0.05, 0.1) is 29.2 Å². The number of fused-ring (bicyclic) bond motifs is 1. The van der Waals surface area contributed by atoms with Crippen LogP contribution in [-0.4, -0.2) is 20.6 Å². The van der Waals surface area contributed by atoms with Gasteiger partial charge in [0.1, 0.15) is 6.54 Å².